The maximum Gasteiger partial charge on any atom is 0.206 e. The molecule has 128 valence electrons. The SMILES string of the molecule is CC(C)=C[C@H]1CNc2c(c(C)cc3oc4cccc(O)c4c(=O)c23)O1. The van der Waals surface area contributed by atoms with E-state index >= 15 is 0 Å². The molecule has 0 fully saturated rings. The summed E-state index contributed by atoms with van der Waals surface area (Å²) in [5.41, 5.74) is 3.29. The van der Waals surface area contributed by atoms with Gasteiger partial charge < -0.3 is 19.6 Å². The van der Waals surface area contributed by atoms with Gasteiger partial charge in [-0.25, -0.2) is 0 Å². The topological polar surface area (TPSA) is 71.7 Å². The number of hydrogen-bond acceptors (Lipinski definition) is 5. The molecule has 1 atom stereocenters. The maximum absolute atomic E-state index is 13.0. The predicted molar refractivity (Wildman–Crippen MR) is 98.7 cm³/mol. The van der Waals surface area contributed by atoms with Crippen LogP contribution in [-0.4, -0.2) is 17.8 Å². The van der Waals surface area contributed by atoms with Crippen LogP contribution >= 0.6 is 0 Å². The maximum atomic E-state index is 13.0. The Labute approximate surface area is 144 Å². The second kappa shape index (κ2) is 5.55. The van der Waals surface area contributed by atoms with E-state index in [1.807, 2.05) is 32.9 Å². The van der Waals surface area contributed by atoms with Gasteiger partial charge in [0.2, 0.25) is 5.43 Å². The van der Waals surface area contributed by atoms with Crippen LogP contribution in [0.3, 0.4) is 0 Å². The van der Waals surface area contributed by atoms with Crippen LogP contribution in [0.2, 0.25) is 0 Å². The highest BCUT2D eigenvalue weighted by Gasteiger charge is 2.25. The van der Waals surface area contributed by atoms with Gasteiger partial charge in [0.1, 0.15) is 34.2 Å². The highest BCUT2D eigenvalue weighted by molar-refractivity contribution is 6.01. The molecule has 0 bridgehead atoms. The number of rotatable bonds is 1. The molecule has 1 aliphatic heterocycles. The number of fused-ring (bicyclic) bond motifs is 4. The number of allylic oxidation sites excluding steroid dienone is 1. The first-order valence-corrected chi connectivity index (χ1v) is 8.23. The third kappa shape index (κ3) is 2.43. The Morgan fingerprint density at radius 1 is 1.28 bits per heavy atom. The molecule has 5 nitrogen and oxygen atoms in total. The lowest BCUT2D eigenvalue weighted by Crippen LogP contribution is -2.30. The molecule has 0 saturated heterocycles. The Morgan fingerprint density at radius 2 is 2.08 bits per heavy atom. The molecule has 0 radical (unpaired) electrons. The fraction of sp³-hybridized carbons (Fsp3) is 0.250. The molecule has 5 heteroatoms. The Morgan fingerprint density at radius 3 is 2.84 bits per heavy atom. The highest BCUT2D eigenvalue weighted by atomic mass is 16.5. The van der Waals surface area contributed by atoms with Gasteiger partial charge in [-0.05, 0) is 50.6 Å². The summed E-state index contributed by atoms with van der Waals surface area (Å²) in [6, 6.07) is 6.63. The van der Waals surface area contributed by atoms with Crippen molar-refractivity contribution in [3.05, 3.63) is 51.7 Å². The standard InChI is InChI=1S/C20H19NO4/c1-10(2)7-12-9-21-18-17-15(8-11(3)20(18)24-12)25-14-6-4-5-13(22)16(14)19(17)23/h4-8,12,21-22H,9H2,1-3H3/t12-/m0/s1. The van der Waals surface area contributed by atoms with Crippen molar-refractivity contribution in [2.75, 3.05) is 11.9 Å². The Balaban J connectivity index is 2.03. The molecular weight excluding hydrogens is 318 g/mol. The quantitative estimate of drug-likeness (QED) is 0.517. The Bertz CT molecular complexity index is 1090. The van der Waals surface area contributed by atoms with E-state index in [1.54, 1.807) is 12.1 Å². The monoisotopic (exact) mass is 337 g/mol. The van der Waals surface area contributed by atoms with Gasteiger partial charge in [-0.3, -0.25) is 4.79 Å². The molecule has 25 heavy (non-hydrogen) atoms. The van der Waals surface area contributed by atoms with Crippen molar-refractivity contribution in [1.29, 1.82) is 0 Å². The zero-order valence-corrected chi connectivity index (χ0v) is 14.3. The van der Waals surface area contributed by atoms with Crippen LogP contribution in [0.5, 0.6) is 11.5 Å². The van der Waals surface area contributed by atoms with Gasteiger partial charge in [0.05, 0.1) is 17.6 Å². The van der Waals surface area contributed by atoms with Gasteiger partial charge in [0.15, 0.2) is 0 Å². The number of ether oxygens (including phenoxy) is 1. The van der Waals surface area contributed by atoms with E-state index in [4.69, 9.17) is 9.15 Å². The van der Waals surface area contributed by atoms with Crippen molar-refractivity contribution >= 4 is 27.6 Å². The van der Waals surface area contributed by atoms with Gasteiger partial charge in [-0.15, -0.1) is 0 Å². The van der Waals surface area contributed by atoms with Crippen LogP contribution in [0, 0.1) is 6.92 Å². The fourth-order valence-corrected chi connectivity index (χ4v) is 3.33. The zero-order valence-electron chi connectivity index (χ0n) is 14.3. The van der Waals surface area contributed by atoms with Crippen molar-refractivity contribution in [3.8, 4) is 11.5 Å². The van der Waals surface area contributed by atoms with Crippen LogP contribution < -0.4 is 15.5 Å². The second-order valence-corrected chi connectivity index (χ2v) is 6.63. The van der Waals surface area contributed by atoms with E-state index in [-0.39, 0.29) is 22.7 Å². The molecule has 2 heterocycles. The third-order valence-electron chi connectivity index (χ3n) is 4.38. The number of hydrogen-bond donors (Lipinski definition) is 2. The van der Waals surface area contributed by atoms with E-state index < -0.39 is 0 Å². The summed E-state index contributed by atoms with van der Waals surface area (Å²) in [5.74, 6) is 0.574. The predicted octanol–water partition coefficient (Wildman–Crippen LogP) is 4.10. The number of benzene rings is 2. The minimum absolute atomic E-state index is 0.0818. The highest BCUT2D eigenvalue weighted by Crippen LogP contribution is 2.40. The van der Waals surface area contributed by atoms with Crippen LogP contribution in [0.25, 0.3) is 21.9 Å². The molecule has 0 saturated carbocycles. The lowest BCUT2D eigenvalue weighted by molar-refractivity contribution is 0.251. The minimum atomic E-state index is -0.262. The summed E-state index contributed by atoms with van der Waals surface area (Å²) in [6.45, 7) is 6.54. The fourth-order valence-electron chi connectivity index (χ4n) is 3.33. The molecule has 2 N–H and O–H groups in total. The second-order valence-electron chi connectivity index (χ2n) is 6.63. The molecule has 0 spiro atoms. The molecule has 1 aliphatic rings. The van der Waals surface area contributed by atoms with Crippen LogP contribution in [0.4, 0.5) is 5.69 Å². The molecule has 0 unspecified atom stereocenters. The van der Waals surface area contributed by atoms with E-state index in [0.717, 1.165) is 5.56 Å². The summed E-state index contributed by atoms with van der Waals surface area (Å²) in [5, 5.41) is 14.0. The number of phenolic OH excluding ortho intramolecular Hbond substituents is 1. The van der Waals surface area contributed by atoms with Gasteiger partial charge in [0, 0.05) is 0 Å². The Kier molecular flexibility index (Phi) is 3.46. The lowest BCUT2D eigenvalue weighted by atomic mass is 10.0. The number of aromatic hydroxyl groups is 1. The number of aryl methyl sites for hydroxylation is 1. The van der Waals surface area contributed by atoms with Gasteiger partial charge in [-0.1, -0.05) is 11.6 Å². The smallest absolute Gasteiger partial charge is 0.206 e. The molecule has 4 rings (SSSR count). The molecule has 1 aromatic heterocycles. The van der Waals surface area contributed by atoms with E-state index in [9.17, 15) is 9.90 Å². The van der Waals surface area contributed by atoms with Crippen molar-refractivity contribution in [3.63, 3.8) is 0 Å². The molecule has 3 aromatic rings. The average Bonchev–Trinajstić information content (AvgIpc) is 2.54. The summed E-state index contributed by atoms with van der Waals surface area (Å²) in [4.78, 5) is 13.0. The first-order valence-electron chi connectivity index (χ1n) is 8.23. The molecular formula is C20H19NO4. The number of phenols is 1. The summed E-state index contributed by atoms with van der Waals surface area (Å²) >= 11 is 0. The Hall–Kier alpha value is -2.95. The zero-order chi connectivity index (χ0) is 17.7. The van der Waals surface area contributed by atoms with Crippen LogP contribution in [0.1, 0.15) is 19.4 Å². The first-order chi connectivity index (χ1) is 12.0. The van der Waals surface area contributed by atoms with E-state index in [2.05, 4.69) is 5.32 Å². The van der Waals surface area contributed by atoms with Crippen molar-refractivity contribution in [1.82, 2.24) is 0 Å². The largest absolute Gasteiger partial charge is 0.507 e. The van der Waals surface area contributed by atoms with Crippen molar-refractivity contribution < 1.29 is 14.3 Å². The van der Waals surface area contributed by atoms with E-state index in [1.165, 1.54) is 11.6 Å². The first kappa shape index (κ1) is 15.6. The summed E-state index contributed by atoms with van der Waals surface area (Å²) in [6.07, 6.45) is 1.96. The molecule has 2 aromatic carbocycles. The van der Waals surface area contributed by atoms with E-state index in [0.29, 0.717) is 34.5 Å². The third-order valence-corrected chi connectivity index (χ3v) is 4.38. The van der Waals surface area contributed by atoms with Crippen LogP contribution in [-0.2, 0) is 0 Å². The number of nitrogens with one attached hydrogen (secondary N) is 1. The van der Waals surface area contributed by atoms with Crippen molar-refractivity contribution in [2.45, 2.75) is 26.9 Å². The molecule has 0 amide bonds. The lowest BCUT2D eigenvalue weighted by Gasteiger charge is -2.28. The minimum Gasteiger partial charge on any atom is -0.507 e. The van der Waals surface area contributed by atoms with Crippen LogP contribution in [0.15, 0.2) is 45.1 Å². The molecule has 0 aliphatic carbocycles. The van der Waals surface area contributed by atoms with Gasteiger partial charge in [-0.2, -0.15) is 0 Å². The van der Waals surface area contributed by atoms with Gasteiger partial charge in [0.25, 0.3) is 0 Å². The normalized spacial score (nSPS) is 16.2. The summed E-state index contributed by atoms with van der Waals surface area (Å²) in [7, 11) is 0. The summed E-state index contributed by atoms with van der Waals surface area (Å²) < 4.78 is 12.0. The van der Waals surface area contributed by atoms with Crippen molar-refractivity contribution in [2.24, 2.45) is 0 Å². The average molecular weight is 337 g/mol. The number of anilines is 1. The van der Waals surface area contributed by atoms with Gasteiger partial charge >= 0.3 is 0 Å².